The van der Waals surface area contributed by atoms with Crippen molar-refractivity contribution >= 4 is 23.4 Å². The molecule has 0 radical (unpaired) electrons. The lowest BCUT2D eigenvalue weighted by molar-refractivity contribution is 0.158. The van der Waals surface area contributed by atoms with E-state index in [1.807, 2.05) is 48.5 Å². The van der Waals surface area contributed by atoms with Gasteiger partial charge in [0.2, 0.25) is 0 Å². The van der Waals surface area contributed by atoms with E-state index in [0.717, 1.165) is 34.4 Å². The van der Waals surface area contributed by atoms with Gasteiger partial charge in [0.15, 0.2) is 0 Å². The molecule has 0 atom stereocenters. The van der Waals surface area contributed by atoms with E-state index < -0.39 is 11.9 Å². The zero-order chi connectivity index (χ0) is 19.0. The molecular formula is C21H15ClFNO3. The molecule has 1 aliphatic rings. The van der Waals surface area contributed by atoms with Crippen LogP contribution in [0.2, 0.25) is 5.02 Å². The lowest BCUT2D eigenvalue weighted by atomic mass is 9.98. The number of hydrogen-bond donors (Lipinski definition) is 2. The molecule has 0 aromatic heterocycles. The highest BCUT2D eigenvalue weighted by Crippen LogP contribution is 2.44. The smallest absolute Gasteiger partial charge is 0.411 e. The number of amides is 1. The van der Waals surface area contributed by atoms with Crippen LogP contribution >= 0.6 is 11.6 Å². The number of ether oxygens (including phenoxy) is 1. The Hall–Kier alpha value is -3.05. The fourth-order valence-corrected chi connectivity index (χ4v) is 3.53. The van der Waals surface area contributed by atoms with Gasteiger partial charge >= 0.3 is 6.09 Å². The summed E-state index contributed by atoms with van der Waals surface area (Å²) in [6.07, 6.45) is -0.808. The summed E-state index contributed by atoms with van der Waals surface area (Å²) in [6, 6.07) is 17.9. The molecule has 0 saturated heterocycles. The molecule has 0 saturated carbocycles. The van der Waals surface area contributed by atoms with Crippen LogP contribution in [0.15, 0.2) is 60.7 Å². The largest absolute Gasteiger partial charge is 0.506 e. The summed E-state index contributed by atoms with van der Waals surface area (Å²) < 4.78 is 19.2. The first-order valence-corrected chi connectivity index (χ1v) is 8.72. The van der Waals surface area contributed by atoms with Gasteiger partial charge in [0, 0.05) is 12.0 Å². The zero-order valence-corrected chi connectivity index (χ0v) is 14.8. The van der Waals surface area contributed by atoms with Crippen LogP contribution in [-0.2, 0) is 4.74 Å². The highest BCUT2D eigenvalue weighted by Gasteiger charge is 2.29. The first-order valence-electron chi connectivity index (χ1n) is 8.34. The summed E-state index contributed by atoms with van der Waals surface area (Å²) in [5.74, 6) is -1.18. The number of fused-ring (bicyclic) bond motifs is 3. The molecule has 1 aliphatic carbocycles. The monoisotopic (exact) mass is 383 g/mol. The average Bonchev–Trinajstić information content (AvgIpc) is 2.98. The van der Waals surface area contributed by atoms with E-state index in [2.05, 4.69) is 5.32 Å². The maximum Gasteiger partial charge on any atom is 0.411 e. The molecule has 0 aliphatic heterocycles. The summed E-state index contributed by atoms with van der Waals surface area (Å²) in [5, 5.41) is 11.7. The van der Waals surface area contributed by atoms with Gasteiger partial charge in [-0.25, -0.2) is 9.18 Å². The van der Waals surface area contributed by atoms with Crippen molar-refractivity contribution in [2.24, 2.45) is 0 Å². The Kier molecular flexibility index (Phi) is 4.46. The Labute approximate surface area is 160 Å². The predicted molar refractivity (Wildman–Crippen MR) is 102 cm³/mol. The van der Waals surface area contributed by atoms with E-state index in [4.69, 9.17) is 16.3 Å². The molecule has 0 spiro atoms. The maximum atomic E-state index is 13.9. The molecule has 4 rings (SSSR count). The topological polar surface area (TPSA) is 58.6 Å². The Morgan fingerprint density at radius 2 is 1.67 bits per heavy atom. The second-order valence-electron chi connectivity index (χ2n) is 6.23. The van der Waals surface area contributed by atoms with E-state index in [9.17, 15) is 14.3 Å². The first kappa shape index (κ1) is 17.4. The van der Waals surface area contributed by atoms with Gasteiger partial charge < -0.3 is 9.84 Å². The number of nitrogens with one attached hydrogen (secondary N) is 1. The van der Waals surface area contributed by atoms with Gasteiger partial charge in [-0.2, -0.15) is 0 Å². The molecule has 0 unspecified atom stereocenters. The number of carbonyl (C=O) groups is 1. The van der Waals surface area contributed by atoms with Crippen LogP contribution < -0.4 is 5.32 Å². The zero-order valence-electron chi connectivity index (χ0n) is 14.1. The highest BCUT2D eigenvalue weighted by molar-refractivity contribution is 6.32. The van der Waals surface area contributed by atoms with Crippen LogP contribution in [0.25, 0.3) is 11.1 Å². The number of halogens is 2. The highest BCUT2D eigenvalue weighted by atomic mass is 35.5. The van der Waals surface area contributed by atoms with E-state index in [1.165, 1.54) is 0 Å². The number of rotatable bonds is 3. The minimum Gasteiger partial charge on any atom is -0.506 e. The standard InChI is InChI=1S/C21H15ClFNO3/c22-17-9-18(23)19(10-20(17)25)24-21(26)27-11-16-14-7-3-1-5-12(14)13-6-2-4-8-15(13)16/h1-10,16,25H,11H2,(H,24,26). The van der Waals surface area contributed by atoms with E-state index in [1.54, 1.807) is 0 Å². The first-order chi connectivity index (χ1) is 13.0. The number of phenolic OH excluding ortho intramolecular Hbond substituents is 1. The number of carbonyl (C=O) groups excluding carboxylic acids is 1. The van der Waals surface area contributed by atoms with Crippen LogP contribution in [0.1, 0.15) is 17.0 Å². The van der Waals surface area contributed by atoms with E-state index in [0.29, 0.717) is 0 Å². The minimum absolute atomic E-state index is 0.0911. The molecule has 0 bridgehead atoms. The van der Waals surface area contributed by atoms with Crippen LogP contribution in [0.3, 0.4) is 0 Å². The number of anilines is 1. The van der Waals surface area contributed by atoms with Gasteiger partial charge in [-0.15, -0.1) is 0 Å². The summed E-state index contributed by atoms with van der Waals surface area (Å²) in [7, 11) is 0. The van der Waals surface area contributed by atoms with Crippen molar-refractivity contribution in [3.8, 4) is 16.9 Å². The van der Waals surface area contributed by atoms with Crippen molar-refractivity contribution in [3.05, 3.63) is 82.6 Å². The van der Waals surface area contributed by atoms with Crippen molar-refractivity contribution in [1.29, 1.82) is 0 Å². The van der Waals surface area contributed by atoms with E-state index in [-0.39, 0.29) is 29.0 Å². The van der Waals surface area contributed by atoms with Gasteiger partial charge in [0.25, 0.3) is 0 Å². The number of benzene rings is 3. The third-order valence-electron chi connectivity index (χ3n) is 4.62. The van der Waals surface area contributed by atoms with Crippen molar-refractivity contribution in [2.45, 2.75) is 5.92 Å². The normalized spacial score (nSPS) is 12.4. The molecule has 0 fully saturated rings. The summed E-state index contributed by atoms with van der Waals surface area (Å²) in [5.41, 5.74) is 4.21. The SMILES string of the molecule is O=C(Nc1cc(O)c(Cl)cc1F)OCC1c2ccccc2-c2ccccc21. The van der Waals surface area contributed by atoms with Crippen LogP contribution in [-0.4, -0.2) is 17.8 Å². The minimum atomic E-state index is -0.808. The number of aromatic hydroxyl groups is 1. The lowest BCUT2D eigenvalue weighted by Crippen LogP contribution is -2.18. The Balaban J connectivity index is 1.51. The van der Waals surface area contributed by atoms with Crippen LogP contribution in [0.4, 0.5) is 14.9 Å². The molecule has 0 heterocycles. The maximum absolute atomic E-state index is 13.9. The quantitative estimate of drug-likeness (QED) is 0.623. The van der Waals surface area contributed by atoms with Gasteiger partial charge in [0.05, 0.1) is 10.7 Å². The summed E-state index contributed by atoms with van der Waals surface area (Å²) >= 11 is 5.63. The molecule has 3 aromatic rings. The van der Waals surface area contributed by atoms with Gasteiger partial charge in [-0.05, 0) is 28.3 Å². The third kappa shape index (κ3) is 3.22. The fourth-order valence-electron chi connectivity index (χ4n) is 3.38. The van der Waals surface area contributed by atoms with Crippen molar-refractivity contribution in [2.75, 3.05) is 11.9 Å². The molecule has 136 valence electrons. The molecule has 2 N–H and O–H groups in total. The summed E-state index contributed by atoms with van der Waals surface area (Å²) in [6.45, 7) is 0.112. The van der Waals surface area contributed by atoms with Crippen LogP contribution in [0, 0.1) is 5.82 Å². The molecule has 6 heteroatoms. The fraction of sp³-hybridized carbons (Fsp3) is 0.0952. The number of phenols is 1. The number of hydrogen-bond acceptors (Lipinski definition) is 3. The Bertz CT molecular complexity index is 992. The molecular weight excluding hydrogens is 369 g/mol. The van der Waals surface area contributed by atoms with Gasteiger partial charge in [-0.3, -0.25) is 5.32 Å². The van der Waals surface area contributed by atoms with Crippen LogP contribution in [0.5, 0.6) is 5.75 Å². The molecule has 4 nitrogen and oxygen atoms in total. The van der Waals surface area contributed by atoms with E-state index >= 15 is 0 Å². The third-order valence-corrected chi connectivity index (χ3v) is 4.92. The molecule has 3 aromatic carbocycles. The van der Waals surface area contributed by atoms with Gasteiger partial charge in [-0.1, -0.05) is 60.1 Å². The molecule has 27 heavy (non-hydrogen) atoms. The second-order valence-corrected chi connectivity index (χ2v) is 6.64. The second kappa shape index (κ2) is 6.93. The van der Waals surface area contributed by atoms with Crippen molar-refractivity contribution in [1.82, 2.24) is 0 Å². The Morgan fingerprint density at radius 1 is 1.07 bits per heavy atom. The summed E-state index contributed by atoms with van der Waals surface area (Å²) in [4.78, 5) is 12.1. The Morgan fingerprint density at radius 3 is 2.30 bits per heavy atom. The predicted octanol–water partition coefficient (Wildman–Crippen LogP) is 5.55. The molecule has 1 amide bonds. The van der Waals surface area contributed by atoms with Crippen molar-refractivity contribution in [3.63, 3.8) is 0 Å². The average molecular weight is 384 g/mol. The lowest BCUT2D eigenvalue weighted by Gasteiger charge is -2.15. The van der Waals surface area contributed by atoms with Gasteiger partial charge in [0.1, 0.15) is 18.2 Å². The van der Waals surface area contributed by atoms with Crippen molar-refractivity contribution < 1.29 is 19.0 Å².